The molecule has 2 unspecified atom stereocenters. The van der Waals surface area contributed by atoms with Gasteiger partial charge in [-0.25, -0.2) is 9.59 Å². The molecule has 2 bridgehead atoms. The van der Waals surface area contributed by atoms with Gasteiger partial charge in [-0.15, -0.1) is 0 Å². The zero-order valence-corrected chi connectivity index (χ0v) is 39.2. The van der Waals surface area contributed by atoms with Crippen molar-refractivity contribution in [2.24, 2.45) is 16.7 Å². The largest absolute Gasteiger partial charge is 0.460 e. The number of benzene rings is 3. The Hall–Kier alpha value is -6.27. The van der Waals surface area contributed by atoms with E-state index in [0.717, 1.165) is 13.8 Å². The van der Waals surface area contributed by atoms with Crippen LogP contribution in [0.25, 0.3) is 0 Å². The first-order valence-corrected chi connectivity index (χ1v) is 22.5. The molecule has 2 saturated carbocycles. The Bertz CT molecular complexity index is 2480. The van der Waals surface area contributed by atoms with Gasteiger partial charge in [0.15, 0.2) is 23.6 Å². The van der Waals surface area contributed by atoms with E-state index < -0.39 is 125 Å². The maximum absolute atomic E-state index is 16.1. The van der Waals surface area contributed by atoms with E-state index in [-0.39, 0.29) is 35.3 Å². The Kier molecular flexibility index (Phi) is 13.9. The zero-order valence-electron chi connectivity index (χ0n) is 39.2. The van der Waals surface area contributed by atoms with Gasteiger partial charge in [0.2, 0.25) is 0 Å². The van der Waals surface area contributed by atoms with Crippen LogP contribution in [-0.4, -0.2) is 119 Å². The Morgan fingerprint density at radius 3 is 1.93 bits per heavy atom. The highest BCUT2D eigenvalue weighted by Gasteiger charge is 2.79. The number of aliphatic hydroxyl groups excluding tert-OH is 1. The van der Waals surface area contributed by atoms with Crippen molar-refractivity contribution in [3.8, 4) is 0 Å². The number of aliphatic hydroxyl groups is 2. The van der Waals surface area contributed by atoms with E-state index in [4.69, 9.17) is 28.4 Å². The van der Waals surface area contributed by atoms with Crippen molar-refractivity contribution in [1.82, 2.24) is 10.6 Å². The van der Waals surface area contributed by atoms with Crippen LogP contribution in [0.2, 0.25) is 0 Å². The maximum atomic E-state index is 16.1. The fraction of sp³-hybridized carbons (Fsp3) is 0.471. The molecule has 17 nitrogen and oxygen atoms in total. The number of carbonyl (C=O) groups excluding carboxylic acids is 7. The van der Waals surface area contributed by atoms with Gasteiger partial charge in [0.1, 0.15) is 36.1 Å². The van der Waals surface area contributed by atoms with Gasteiger partial charge in [-0.2, -0.15) is 0 Å². The highest BCUT2D eigenvalue weighted by Crippen LogP contribution is 2.65. The summed E-state index contributed by atoms with van der Waals surface area (Å²) >= 11 is 0. The van der Waals surface area contributed by atoms with Crippen molar-refractivity contribution in [2.75, 3.05) is 13.7 Å². The number of esters is 5. The van der Waals surface area contributed by atoms with Crippen molar-refractivity contribution in [3.63, 3.8) is 0 Å². The summed E-state index contributed by atoms with van der Waals surface area (Å²) in [5.41, 5.74) is -7.36. The van der Waals surface area contributed by atoms with E-state index >= 15 is 4.79 Å². The monoisotopic (exact) mass is 938 g/mol. The zero-order chi connectivity index (χ0) is 49.5. The van der Waals surface area contributed by atoms with Crippen LogP contribution in [0.5, 0.6) is 0 Å². The third-order valence-corrected chi connectivity index (χ3v) is 14.5. The van der Waals surface area contributed by atoms with Crippen LogP contribution in [0.4, 0.5) is 0 Å². The van der Waals surface area contributed by atoms with E-state index in [9.17, 15) is 39.0 Å². The molecule has 0 radical (unpaired) electrons. The molecular formula is C51H58N2O15. The molecule has 1 saturated heterocycles. The number of likely N-dealkylation sites (N-methyl/N-ethyl adjacent to an activating group) is 1. The van der Waals surface area contributed by atoms with Crippen LogP contribution in [-0.2, 0) is 52.4 Å². The number of fused-ring (bicyclic) bond motifs is 5. The number of amides is 1. The van der Waals surface area contributed by atoms with Crippen LogP contribution in [0.15, 0.2) is 102 Å². The Labute approximate surface area is 393 Å². The summed E-state index contributed by atoms with van der Waals surface area (Å²) in [6.45, 7) is 9.49. The minimum Gasteiger partial charge on any atom is -0.460 e. The van der Waals surface area contributed by atoms with E-state index in [1.165, 1.54) is 33.0 Å². The first kappa shape index (κ1) is 49.6. The third-order valence-electron chi connectivity index (χ3n) is 14.5. The summed E-state index contributed by atoms with van der Waals surface area (Å²) in [7, 11) is 1.54. The van der Waals surface area contributed by atoms with Gasteiger partial charge in [0.25, 0.3) is 5.91 Å². The summed E-state index contributed by atoms with van der Waals surface area (Å²) in [6.07, 6.45) is -10.7. The topological polar surface area (TPSA) is 239 Å². The van der Waals surface area contributed by atoms with Crippen molar-refractivity contribution >= 4 is 41.5 Å². The molecule has 3 aromatic carbocycles. The maximum Gasteiger partial charge on any atom is 0.338 e. The van der Waals surface area contributed by atoms with Crippen LogP contribution in [0, 0.1) is 16.7 Å². The second kappa shape index (κ2) is 19.0. The quantitative estimate of drug-likeness (QED) is 0.108. The molecule has 362 valence electrons. The third kappa shape index (κ3) is 8.61. The molecule has 3 fully saturated rings. The van der Waals surface area contributed by atoms with Gasteiger partial charge in [-0.1, -0.05) is 80.6 Å². The van der Waals surface area contributed by atoms with Gasteiger partial charge in [-0.05, 0) is 68.8 Å². The SMILES string of the molecule is CN[C@@H](C)C(=O)O[C@H]1C[C@H]2OC[C@@]2(OC(C)=O)C2C(OC(=O)c3ccccc3)[C@]3(O)C[C@H](OC(=O)[C@H](O)[C@@H](NC(=O)c4ccccc4)c4ccccc4)C(C)=C([C@@H](OC(C)=O)C(=O)[C@@]21C)C3(C)C. The second-order valence-electron chi connectivity index (χ2n) is 18.8. The Morgan fingerprint density at radius 2 is 1.38 bits per heavy atom. The predicted octanol–water partition coefficient (Wildman–Crippen LogP) is 3.89. The summed E-state index contributed by atoms with van der Waals surface area (Å²) in [4.78, 5) is 98.8. The first-order valence-electron chi connectivity index (χ1n) is 22.5. The molecule has 4 N–H and O–H groups in total. The van der Waals surface area contributed by atoms with Gasteiger partial charge >= 0.3 is 29.8 Å². The van der Waals surface area contributed by atoms with E-state index in [0.29, 0.717) is 5.56 Å². The normalized spacial score (nSPS) is 30.5. The lowest BCUT2D eigenvalue weighted by atomic mass is 9.44. The van der Waals surface area contributed by atoms with E-state index in [2.05, 4.69) is 10.6 Å². The van der Waals surface area contributed by atoms with Gasteiger partial charge in [0, 0.05) is 37.7 Å². The molecule has 1 aliphatic heterocycles. The lowest BCUT2D eigenvalue weighted by molar-refractivity contribution is -0.346. The fourth-order valence-corrected chi connectivity index (χ4v) is 10.7. The standard InChI is InChI=1S/C51H58N2O15/c1-27-34(65-47(61)39(56)38(31-18-12-9-13-19-31)53-44(58)32-20-14-10-15-21-32)25-51(62)43(67-46(60)33-22-16-11-17-23-33)41-49(7,42(57)40(64-29(3)54)37(27)48(51,5)6)35(66-45(59)28(2)52-8)24-36-50(41,26-63-36)68-30(4)55/h9-23,28,34-36,38-41,43,52,56,62H,24-26H2,1-8H3,(H,53,58)/t28-,34-,35-,36+,38-,39+,40+,41?,43?,49+,50-,51+/m0/s1. The molecule has 7 rings (SSSR count). The number of nitrogens with one attached hydrogen (secondary N) is 2. The Morgan fingerprint density at radius 1 is 0.794 bits per heavy atom. The Balaban J connectivity index is 1.43. The lowest BCUT2D eigenvalue weighted by Crippen LogP contribution is -2.82. The van der Waals surface area contributed by atoms with Crippen molar-refractivity contribution in [3.05, 3.63) is 119 Å². The van der Waals surface area contributed by atoms with Crippen molar-refractivity contribution in [1.29, 1.82) is 0 Å². The fourth-order valence-electron chi connectivity index (χ4n) is 10.7. The van der Waals surface area contributed by atoms with Crippen LogP contribution in [0.3, 0.4) is 0 Å². The predicted molar refractivity (Wildman–Crippen MR) is 240 cm³/mol. The average molecular weight is 939 g/mol. The molecule has 0 spiro atoms. The minimum absolute atomic E-state index is 0.0293. The van der Waals surface area contributed by atoms with Crippen molar-refractivity contribution in [2.45, 2.75) is 121 Å². The molecule has 17 heteroatoms. The second-order valence-corrected chi connectivity index (χ2v) is 18.8. The number of ketones is 1. The number of Topliss-reactive ketones (excluding diaryl/α,β-unsaturated/α-hetero) is 1. The molecule has 68 heavy (non-hydrogen) atoms. The van der Waals surface area contributed by atoms with Crippen LogP contribution < -0.4 is 10.6 Å². The van der Waals surface area contributed by atoms with E-state index in [1.54, 1.807) is 99.6 Å². The average Bonchev–Trinajstić information content (AvgIpc) is 3.31. The smallest absolute Gasteiger partial charge is 0.338 e. The summed E-state index contributed by atoms with van der Waals surface area (Å²) in [5, 5.41) is 31.4. The highest BCUT2D eigenvalue weighted by atomic mass is 16.6. The molecule has 1 heterocycles. The number of hydrogen-bond acceptors (Lipinski definition) is 16. The summed E-state index contributed by atoms with van der Waals surface area (Å²) in [5.74, 6) is -7.80. The van der Waals surface area contributed by atoms with E-state index in [1.807, 2.05) is 0 Å². The first-order chi connectivity index (χ1) is 32.1. The van der Waals surface area contributed by atoms with Crippen molar-refractivity contribution < 1.29 is 72.2 Å². The number of hydrogen-bond donors (Lipinski definition) is 4. The highest BCUT2D eigenvalue weighted by molar-refractivity contribution is 5.96. The molecule has 1 amide bonds. The van der Waals surface area contributed by atoms with Crippen LogP contribution in [0.1, 0.15) is 93.6 Å². The number of carbonyl (C=O) groups is 7. The molecular weight excluding hydrogens is 881 g/mol. The molecule has 0 aromatic heterocycles. The van der Waals surface area contributed by atoms with Gasteiger partial charge in [0.05, 0.1) is 29.5 Å². The summed E-state index contributed by atoms with van der Waals surface area (Å²) < 4.78 is 37.1. The molecule has 3 aliphatic carbocycles. The minimum atomic E-state index is -2.45. The number of ether oxygens (including phenoxy) is 6. The molecule has 4 aliphatic rings. The van der Waals surface area contributed by atoms with Gasteiger partial charge in [-0.3, -0.25) is 24.0 Å². The number of rotatable bonds is 13. The molecule has 3 aromatic rings. The lowest BCUT2D eigenvalue weighted by Gasteiger charge is -2.67. The molecule has 12 atom stereocenters. The van der Waals surface area contributed by atoms with Crippen LogP contribution >= 0.6 is 0 Å². The summed E-state index contributed by atoms with van der Waals surface area (Å²) in [6, 6.07) is 22.0. The van der Waals surface area contributed by atoms with Gasteiger partial charge < -0.3 is 49.3 Å².